The fraction of sp³-hybridized carbons (Fsp3) is 0.500. The molecule has 1 aliphatic heterocycles. The molecule has 1 saturated carbocycles. The van der Waals surface area contributed by atoms with Gasteiger partial charge in [0.1, 0.15) is 18.2 Å². The van der Waals surface area contributed by atoms with E-state index in [-0.39, 0.29) is 30.2 Å². The molecule has 0 spiro atoms. The van der Waals surface area contributed by atoms with Crippen LogP contribution in [0.1, 0.15) is 58.2 Å². The maximum Gasteiger partial charge on any atom is 0.494 e. The minimum Gasteiger partial charge on any atom is -0.487 e. The molecule has 32 heavy (non-hydrogen) atoms. The van der Waals surface area contributed by atoms with Crippen molar-refractivity contribution < 1.29 is 28.0 Å². The summed E-state index contributed by atoms with van der Waals surface area (Å²) in [6.07, 6.45) is 2.36. The number of ether oxygens (including phenoxy) is 2. The van der Waals surface area contributed by atoms with Gasteiger partial charge in [-0.2, -0.15) is 0 Å². The van der Waals surface area contributed by atoms with Gasteiger partial charge in [0, 0.05) is 17.2 Å². The van der Waals surface area contributed by atoms with E-state index in [4.69, 9.17) is 18.8 Å². The highest BCUT2D eigenvalue weighted by Crippen LogP contribution is 2.47. The molecule has 2 atom stereocenters. The molecule has 0 unspecified atom stereocenters. The zero-order chi connectivity index (χ0) is 23.1. The van der Waals surface area contributed by atoms with Gasteiger partial charge in [0.2, 0.25) is 0 Å². The third-order valence-corrected chi connectivity index (χ3v) is 6.51. The van der Waals surface area contributed by atoms with E-state index in [2.05, 4.69) is 4.98 Å². The molecule has 0 amide bonds. The zero-order valence-electron chi connectivity index (χ0n) is 19.2. The second kappa shape index (κ2) is 8.48. The molecule has 1 aliphatic carbocycles. The number of hydrogen-bond acceptors (Lipinski definition) is 6. The normalized spacial score (nSPS) is 23.1. The fourth-order valence-electron chi connectivity index (χ4n) is 3.72. The van der Waals surface area contributed by atoms with E-state index in [0.717, 1.165) is 17.6 Å². The first kappa shape index (κ1) is 22.7. The monoisotopic (exact) mass is 441 g/mol. The Balaban J connectivity index is 1.38. The van der Waals surface area contributed by atoms with Gasteiger partial charge in [-0.1, -0.05) is 12.1 Å². The van der Waals surface area contributed by atoms with Crippen LogP contribution in [0.4, 0.5) is 4.39 Å². The molecule has 6 nitrogen and oxygen atoms in total. The number of aromatic nitrogens is 1. The summed E-state index contributed by atoms with van der Waals surface area (Å²) in [5, 5.41) is 0. The van der Waals surface area contributed by atoms with Crippen LogP contribution in [-0.4, -0.2) is 35.9 Å². The molecule has 8 heteroatoms. The molecule has 2 heterocycles. The first-order chi connectivity index (χ1) is 15.1. The second-order valence-corrected chi connectivity index (χ2v) is 9.35. The predicted molar refractivity (Wildman–Crippen MR) is 118 cm³/mol. The van der Waals surface area contributed by atoms with Crippen LogP contribution in [0.3, 0.4) is 0 Å². The van der Waals surface area contributed by atoms with Crippen molar-refractivity contribution in [3.8, 4) is 5.75 Å². The number of halogens is 1. The van der Waals surface area contributed by atoms with Gasteiger partial charge >= 0.3 is 13.1 Å². The smallest absolute Gasteiger partial charge is 0.487 e. The largest absolute Gasteiger partial charge is 0.494 e. The number of carbonyl (C=O) groups is 1. The standard InChI is InChI=1S/C24H29BFNO5/c1-6-29-22(28)19-12-18(19)21-10-8-17(13-27-21)30-14-15-11-16(7-9-20(15)26)25-31-23(2,3)24(4,5)32-25/h7-11,13,18-19H,6,12,14H2,1-5H3/t18-,19-/m0/s1. The van der Waals surface area contributed by atoms with Gasteiger partial charge in [-0.25, -0.2) is 4.39 Å². The van der Waals surface area contributed by atoms with Crippen molar-refractivity contribution in [1.82, 2.24) is 4.98 Å². The van der Waals surface area contributed by atoms with Gasteiger partial charge in [-0.05, 0) is 64.7 Å². The SMILES string of the molecule is CCOC(=O)[C@H]1C[C@@H]1c1ccc(OCc2cc(B3OC(C)(C)C(C)(C)O3)ccc2F)cn1. The lowest BCUT2D eigenvalue weighted by Crippen LogP contribution is -2.41. The quantitative estimate of drug-likeness (QED) is 0.482. The number of benzene rings is 1. The average molecular weight is 441 g/mol. The molecular formula is C24H29BFNO5. The van der Waals surface area contributed by atoms with Crippen LogP contribution in [0.5, 0.6) is 5.75 Å². The molecule has 0 bridgehead atoms. The number of carbonyl (C=O) groups excluding carboxylic acids is 1. The van der Waals surface area contributed by atoms with E-state index >= 15 is 0 Å². The summed E-state index contributed by atoms with van der Waals surface area (Å²) in [5.74, 6) is -0.0113. The van der Waals surface area contributed by atoms with E-state index in [1.54, 1.807) is 31.3 Å². The first-order valence-electron chi connectivity index (χ1n) is 11.0. The molecule has 0 radical (unpaired) electrons. The molecular weight excluding hydrogens is 412 g/mol. The summed E-state index contributed by atoms with van der Waals surface area (Å²) in [4.78, 5) is 16.2. The molecule has 2 aromatic rings. The van der Waals surface area contributed by atoms with Crippen molar-refractivity contribution in [2.45, 2.75) is 64.8 Å². The minimum atomic E-state index is -0.564. The Morgan fingerprint density at radius 3 is 2.53 bits per heavy atom. The number of nitrogens with zero attached hydrogens (tertiary/aromatic N) is 1. The van der Waals surface area contributed by atoms with Crippen LogP contribution in [0.25, 0.3) is 0 Å². The van der Waals surface area contributed by atoms with Crippen LogP contribution >= 0.6 is 0 Å². The predicted octanol–water partition coefficient (Wildman–Crippen LogP) is 3.77. The Bertz CT molecular complexity index is 978. The van der Waals surface area contributed by atoms with E-state index < -0.39 is 18.3 Å². The van der Waals surface area contributed by atoms with Crippen LogP contribution < -0.4 is 10.2 Å². The zero-order valence-corrected chi connectivity index (χ0v) is 19.2. The van der Waals surface area contributed by atoms with E-state index in [9.17, 15) is 9.18 Å². The van der Waals surface area contributed by atoms with Gasteiger partial charge in [-0.3, -0.25) is 9.78 Å². The van der Waals surface area contributed by atoms with Crippen molar-refractivity contribution in [3.63, 3.8) is 0 Å². The molecule has 1 aromatic heterocycles. The lowest BCUT2D eigenvalue weighted by Gasteiger charge is -2.32. The first-order valence-corrected chi connectivity index (χ1v) is 11.0. The van der Waals surface area contributed by atoms with Crippen LogP contribution in [0.2, 0.25) is 0 Å². The number of rotatable bonds is 7. The van der Waals surface area contributed by atoms with E-state index in [1.807, 2.05) is 33.8 Å². The Hall–Kier alpha value is -2.45. The number of pyridine rings is 1. The van der Waals surface area contributed by atoms with Crippen LogP contribution in [0, 0.1) is 11.7 Å². The summed E-state index contributed by atoms with van der Waals surface area (Å²) >= 11 is 0. The Morgan fingerprint density at radius 1 is 1.19 bits per heavy atom. The number of esters is 1. The average Bonchev–Trinajstić information content (AvgIpc) is 3.50. The molecule has 2 aliphatic rings. The second-order valence-electron chi connectivity index (χ2n) is 9.35. The van der Waals surface area contributed by atoms with Gasteiger partial charge < -0.3 is 18.8 Å². The van der Waals surface area contributed by atoms with Crippen molar-refractivity contribution in [1.29, 1.82) is 0 Å². The highest BCUT2D eigenvalue weighted by molar-refractivity contribution is 6.62. The van der Waals surface area contributed by atoms with Crippen LogP contribution in [0.15, 0.2) is 36.5 Å². The molecule has 4 rings (SSSR count). The minimum absolute atomic E-state index is 0.0507. The Kier molecular flexibility index (Phi) is 6.03. The highest BCUT2D eigenvalue weighted by atomic mass is 19.1. The Morgan fingerprint density at radius 2 is 1.91 bits per heavy atom. The maximum atomic E-state index is 14.4. The van der Waals surface area contributed by atoms with Gasteiger partial charge in [0.25, 0.3) is 0 Å². The van der Waals surface area contributed by atoms with Crippen molar-refractivity contribution >= 4 is 18.6 Å². The summed E-state index contributed by atoms with van der Waals surface area (Å²) in [7, 11) is -0.564. The van der Waals surface area contributed by atoms with Crippen molar-refractivity contribution in [2.24, 2.45) is 5.92 Å². The van der Waals surface area contributed by atoms with Gasteiger partial charge in [-0.15, -0.1) is 0 Å². The lowest BCUT2D eigenvalue weighted by molar-refractivity contribution is -0.144. The number of hydrogen-bond donors (Lipinski definition) is 0. The lowest BCUT2D eigenvalue weighted by atomic mass is 9.78. The Labute approximate surface area is 188 Å². The molecule has 170 valence electrons. The summed E-state index contributed by atoms with van der Waals surface area (Å²) in [6, 6.07) is 8.43. The van der Waals surface area contributed by atoms with Crippen molar-refractivity contribution in [3.05, 3.63) is 53.6 Å². The van der Waals surface area contributed by atoms with Gasteiger partial charge in [0.15, 0.2) is 0 Å². The fourth-order valence-corrected chi connectivity index (χ4v) is 3.72. The van der Waals surface area contributed by atoms with Crippen LogP contribution in [-0.2, 0) is 25.4 Å². The topological polar surface area (TPSA) is 66.9 Å². The summed E-state index contributed by atoms with van der Waals surface area (Å²) < 4.78 is 37.4. The molecule has 1 aromatic carbocycles. The molecule has 0 N–H and O–H groups in total. The highest BCUT2D eigenvalue weighted by Gasteiger charge is 2.51. The molecule has 1 saturated heterocycles. The van der Waals surface area contributed by atoms with E-state index in [1.165, 1.54) is 6.07 Å². The van der Waals surface area contributed by atoms with E-state index in [0.29, 0.717) is 17.9 Å². The van der Waals surface area contributed by atoms with Gasteiger partial charge in [0.05, 0.1) is 29.9 Å². The molecule has 2 fully saturated rings. The third kappa shape index (κ3) is 4.52. The summed E-state index contributed by atoms with van der Waals surface area (Å²) in [5.41, 5.74) is 1.06. The maximum absolute atomic E-state index is 14.4. The summed E-state index contributed by atoms with van der Waals surface area (Å²) in [6.45, 7) is 10.2. The third-order valence-electron chi connectivity index (χ3n) is 6.51. The van der Waals surface area contributed by atoms with Crippen molar-refractivity contribution in [2.75, 3.05) is 6.61 Å².